The van der Waals surface area contributed by atoms with Gasteiger partial charge in [0.05, 0.1) is 11.5 Å². The number of nitrogens with zero attached hydrogens (tertiary/aromatic N) is 1. The Morgan fingerprint density at radius 2 is 1.53 bits per heavy atom. The summed E-state index contributed by atoms with van der Waals surface area (Å²) in [6, 6.07) is 19.5. The number of amides is 1. The zero-order chi connectivity index (χ0) is 24.7. The fourth-order valence-electron chi connectivity index (χ4n) is 3.83. The van der Waals surface area contributed by atoms with Crippen LogP contribution in [0, 0.1) is 0 Å². The molecule has 0 heterocycles. The first-order valence-electron chi connectivity index (χ1n) is 11.5. The van der Waals surface area contributed by atoms with Crippen LogP contribution in [-0.2, 0) is 29.4 Å². The van der Waals surface area contributed by atoms with E-state index in [1.807, 2.05) is 25.1 Å². The van der Waals surface area contributed by atoms with Crippen molar-refractivity contribution in [1.82, 2.24) is 4.31 Å². The van der Waals surface area contributed by atoms with Gasteiger partial charge in [0.15, 0.2) is 0 Å². The molecular formula is C27H32N2O4S. The summed E-state index contributed by atoms with van der Waals surface area (Å²) >= 11 is 0. The molecule has 0 saturated heterocycles. The van der Waals surface area contributed by atoms with Crippen molar-refractivity contribution < 1.29 is 17.9 Å². The van der Waals surface area contributed by atoms with Crippen LogP contribution in [0.5, 0.6) is 5.75 Å². The maximum atomic E-state index is 13.2. The number of aryl methyl sites for hydroxylation is 2. The van der Waals surface area contributed by atoms with E-state index in [-0.39, 0.29) is 17.3 Å². The Morgan fingerprint density at radius 3 is 2.12 bits per heavy atom. The molecule has 0 aliphatic heterocycles. The summed E-state index contributed by atoms with van der Waals surface area (Å²) in [4.78, 5) is 13.4. The average molecular weight is 481 g/mol. The Bertz CT molecular complexity index is 1220. The number of nitrogens with one attached hydrogen (secondary N) is 1. The van der Waals surface area contributed by atoms with Crippen molar-refractivity contribution in [2.24, 2.45) is 0 Å². The van der Waals surface area contributed by atoms with Crippen molar-refractivity contribution >= 4 is 21.6 Å². The highest BCUT2D eigenvalue weighted by atomic mass is 32.2. The van der Waals surface area contributed by atoms with Gasteiger partial charge < -0.3 is 10.1 Å². The molecule has 0 aliphatic rings. The molecule has 1 N–H and O–H groups in total. The van der Waals surface area contributed by atoms with Gasteiger partial charge in [0.1, 0.15) is 5.75 Å². The van der Waals surface area contributed by atoms with E-state index in [1.54, 1.807) is 48.5 Å². The molecule has 180 valence electrons. The molecule has 7 heteroatoms. The molecule has 0 spiro atoms. The minimum atomic E-state index is -3.69. The van der Waals surface area contributed by atoms with E-state index in [9.17, 15) is 13.2 Å². The molecule has 6 nitrogen and oxygen atoms in total. The van der Waals surface area contributed by atoms with Crippen molar-refractivity contribution in [3.63, 3.8) is 0 Å². The molecular weight excluding hydrogens is 448 g/mol. The summed E-state index contributed by atoms with van der Waals surface area (Å²) in [6.07, 6.45) is 1.61. The number of rotatable bonds is 10. The highest BCUT2D eigenvalue weighted by Crippen LogP contribution is 2.27. The fraction of sp³-hybridized carbons (Fsp3) is 0.296. The van der Waals surface area contributed by atoms with E-state index < -0.39 is 10.0 Å². The van der Waals surface area contributed by atoms with Crippen molar-refractivity contribution in [3.05, 3.63) is 89.0 Å². The van der Waals surface area contributed by atoms with Crippen molar-refractivity contribution in [3.8, 4) is 5.75 Å². The molecule has 0 aliphatic carbocycles. The van der Waals surface area contributed by atoms with Crippen molar-refractivity contribution in [2.45, 2.75) is 45.1 Å². The van der Waals surface area contributed by atoms with Crippen LogP contribution in [-0.4, -0.2) is 32.3 Å². The number of hydrogen-bond donors (Lipinski definition) is 1. The van der Waals surface area contributed by atoms with Crippen LogP contribution in [0.15, 0.2) is 71.6 Å². The van der Waals surface area contributed by atoms with E-state index in [0.29, 0.717) is 23.5 Å². The van der Waals surface area contributed by atoms with Crippen LogP contribution < -0.4 is 10.1 Å². The lowest BCUT2D eigenvalue weighted by atomic mass is 10.0. The van der Waals surface area contributed by atoms with E-state index in [4.69, 9.17) is 4.74 Å². The van der Waals surface area contributed by atoms with Crippen molar-refractivity contribution in [1.29, 1.82) is 0 Å². The number of anilines is 1. The lowest BCUT2D eigenvalue weighted by Crippen LogP contribution is -2.27. The Hall–Kier alpha value is -3.16. The van der Waals surface area contributed by atoms with E-state index in [1.165, 1.54) is 11.4 Å². The van der Waals surface area contributed by atoms with E-state index >= 15 is 0 Å². The summed E-state index contributed by atoms with van der Waals surface area (Å²) < 4.78 is 33.0. The second-order valence-electron chi connectivity index (χ2n) is 7.94. The lowest BCUT2D eigenvalue weighted by molar-refractivity contribution is 0.102. The number of sulfonamides is 1. The summed E-state index contributed by atoms with van der Waals surface area (Å²) in [5, 5.41) is 3.07. The molecule has 0 bridgehead atoms. The Labute approximate surface area is 202 Å². The second kappa shape index (κ2) is 11.3. The number of carbonyl (C=O) groups is 1. The number of ether oxygens (including phenoxy) is 1. The third-order valence-electron chi connectivity index (χ3n) is 5.70. The summed E-state index contributed by atoms with van der Waals surface area (Å²) in [6.45, 7) is 6.48. The number of hydrogen-bond acceptors (Lipinski definition) is 4. The smallest absolute Gasteiger partial charge is 0.255 e. The third kappa shape index (κ3) is 5.66. The summed E-state index contributed by atoms with van der Waals surface area (Å²) in [7, 11) is -2.17. The largest absolute Gasteiger partial charge is 0.494 e. The standard InChI is InChI=1S/C27H32N2O4S/c1-5-20-12-11-13-21(6-2)26(20)28-27(30)22-16-17-25(33-7-3)23(18-22)19-29(4)34(31,32)24-14-9-8-10-15-24/h8-18H,5-7,19H2,1-4H3,(H,28,30). The Kier molecular flexibility index (Phi) is 8.47. The van der Waals surface area contributed by atoms with Gasteiger partial charge in [-0.1, -0.05) is 50.2 Å². The number of benzene rings is 3. The van der Waals surface area contributed by atoms with Gasteiger partial charge >= 0.3 is 0 Å². The molecule has 3 aromatic rings. The van der Waals surface area contributed by atoms with Crippen LogP contribution in [0.4, 0.5) is 5.69 Å². The third-order valence-corrected chi connectivity index (χ3v) is 7.52. The SMILES string of the molecule is CCOc1ccc(C(=O)Nc2c(CC)cccc2CC)cc1CN(C)S(=O)(=O)c1ccccc1. The Balaban J connectivity index is 1.91. The van der Waals surface area contributed by atoms with Crippen LogP contribution in [0.1, 0.15) is 47.8 Å². The van der Waals surface area contributed by atoms with Gasteiger partial charge in [-0.25, -0.2) is 8.42 Å². The van der Waals surface area contributed by atoms with Crippen LogP contribution in [0.25, 0.3) is 0 Å². The van der Waals surface area contributed by atoms with Crippen LogP contribution in [0.2, 0.25) is 0 Å². The quantitative estimate of drug-likeness (QED) is 0.428. The fourth-order valence-corrected chi connectivity index (χ4v) is 5.00. The lowest BCUT2D eigenvalue weighted by Gasteiger charge is -2.20. The van der Waals surface area contributed by atoms with E-state index in [2.05, 4.69) is 19.2 Å². The Morgan fingerprint density at radius 1 is 0.882 bits per heavy atom. The highest BCUT2D eigenvalue weighted by molar-refractivity contribution is 7.89. The van der Waals surface area contributed by atoms with Gasteiger partial charge in [-0.2, -0.15) is 4.31 Å². The molecule has 0 radical (unpaired) electrons. The van der Waals surface area contributed by atoms with Gasteiger partial charge in [-0.05, 0) is 61.2 Å². The van der Waals surface area contributed by atoms with Gasteiger partial charge in [0.25, 0.3) is 5.91 Å². The number of carbonyl (C=O) groups excluding carboxylic acids is 1. The predicted octanol–water partition coefficient (Wildman–Crippen LogP) is 5.28. The van der Waals surface area contributed by atoms with Gasteiger partial charge in [-0.15, -0.1) is 0 Å². The maximum Gasteiger partial charge on any atom is 0.255 e. The first kappa shape index (κ1) is 25.5. The monoisotopic (exact) mass is 480 g/mol. The average Bonchev–Trinajstić information content (AvgIpc) is 2.85. The molecule has 1 amide bonds. The summed E-state index contributed by atoms with van der Waals surface area (Å²) in [5.74, 6) is 0.311. The first-order chi connectivity index (χ1) is 16.3. The minimum absolute atomic E-state index is 0.0689. The molecule has 0 aromatic heterocycles. The molecule has 0 saturated carbocycles. The topological polar surface area (TPSA) is 75.7 Å². The van der Waals surface area contributed by atoms with Gasteiger partial charge in [-0.3, -0.25) is 4.79 Å². The maximum absolute atomic E-state index is 13.2. The van der Waals surface area contributed by atoms with Crippen LogP contribution >= 0.6 is 0 Å². The van der Waals surface area contributed by atoms with Crippen LogP contribution in [0.3, 0.4) is 0 Å². The van der Waals surface area contributed by atoms with Gasteiger partial charge in [0, 0.05) is 30.4 Å². The summed E-state index contributed by atoms with van der Waals surface area (Å²) in [5.41, 5.74) is 4.06. The molecule has 0 unspecified atom stereocenters. The van der Waals surface area contributed by atoms with E-state index in [0.717, 1.165) is 29.7 Å². The number of para-hydroxylation sites is 1. The molecule has 3 rings (SSSR count). The highest BCUT2D eigenvalue weighted by Gasteiger charge is 2.23. The molecule has 34 heavy (non-hydrogen) atoms. The first-order valence-corrected chi connectivity index (χ1v) is 12.9. The molecule has 0 atom stereocenters. The van der Waals surface area contributed by atoms with Crippen molar-refractivity contribution in [2.75, 3.05) is 19.0 Å². The normalized spacial score (nSPS) is 11.4. The predicted molar refractivity (Wildman–Crippen MR) is 136 cm³/mol. The zero-order valence-electron chi connectivity index (χ0n) is 20.2. The second-order valence-corrected chi connectivity index (χ2v) is 9.99. The van der Waals surface area contributed by atoms with Gasteiger partial charge in [0.2, 0.25) is 10.0 Å². The zero-order valence-corrected chi connectivity index (χ0v) is 21.0. The molecule has 0 fully saturated rings. The minimum Gasteiger partial charge on any atom is -0.494 e. The molecule has 3 aromatic carbocycles.